The number of aliphatic imine (C=N–C) groups is 1. The maximum Gasteiger partial charge on any atom is 0.246 e. The van der Waals surface area contributed by atoms with Gasteiger partial charge in [0.2, 0.25) is 65.0 Å². The first-order valence-electron chi connectivity index (χ1n) is 29.1. The van der Waals surface area contributed by atoms with Gasteiger partial charge in [-0.3, -0.25) is 57.7 Å². The van der Waals surface area contributed by atoms with Gasteiger partial charge < -0.3 is 90.3 Å². The first-order chi connectivity index (χ1) is 42.1. The number of benzene rings is 3. The quantitative estimate of drug-likeness (QED) is 0.0130. The number of fused-ring (bicyclic) bond motifs is 1. The Kier molecular flexibility index (Phi) is 26.4. The van der Waals surface area contributed by atoms with Gasteiger partial charge in [-0.1, -0.05) is 74.0 Å². The number of primary amides is 2. The number of aryl methyl sites for hydroxylation is 1. The summed E-state index contributed by atoms with van der Waals surface area (Å²) in [6, 6.07) is 8.38. The fraction of sp³-hybridized carbons (Fsp3) is 0.467. The van der Waals surface area contributed by atoms with E-state index in [0.29, 0.717) is 16.7 Å². The minimum atomic E-state index is -1.88. The van der Waals surface area contributed by atoms with E-state index in [9.17, 15) is 68.1 Å². The number of nitrogens with two attached hydrogens (primary N) is 3. The number of para-hydroxylation sites is 1. The number of aromatic hydroxyl groups is 1. The number of guanidine groups is 1. The number of aromatic amines is 1. The molecule has 10 atom stereocenters. The normalized spacial score (nSPS) is 16.6. The number of aliphatic hydroxyl groups is 2. The lowest BCUT2D eigenvalue weighted by molar-refractivity contribution is -0.142. The van der Waals surface area contributed by atoms with E-state index < -0.39 is 138 Å². The number of carbonyl (C=O) groups excluding carboxylic acids is 11. The molecule has 0 spiro atoms. The summed E-state index contributed by atoms with van der Waals surface area (Å²) in [4.78, 5) is 158. The molecule has 1 aromatic heterocycles. The van der Waals surface area contributed by atoms with Gasteiger partial charge in [-0.15, -0.1) is 0 Å². The summed E-state index contributed by atoms with van der Waals surface area (Å²) in [6.45, 7) is 6.85. The second-order valence-corrected chi connectivity index (χ2v) is 22.5. The molecule has 4 aromatic rings. The molecule has 1 fully saturated rings. The number of carbonyl (C=O) groups is 11. The molecule has 0 bridgehead atoms. The molecule has 89 heavy (non-hydrogen) atoms. The first kappa shape index (κ1) is 70.1. The summed E-state index contributed by atoms with van der Waals surface area (Å²) >= 11 is 0. The van der Waals surface area contributed by atoms with E-state index in [1.165, 1.54) is 38.2 Å². The highest BCUT2D eigenvalue weighted by molar-refractivity contribution is 5.99. The van der Waals surface area contributed by atoms with Crippen LogP contribution in [0.3, 0.4) is 0 Å². The number of aromatic nitrogens is 1. The predicted molar refractivity (Wildman–Crippen MR) is 326 cm³/mol. The minimum Gasteiger partial charge on any atom is -0.508 e. The number of phenolic OH excluding ortho intramolecular Hbond substituents is 1. The Hall–Kier alpha value is -9.64. The van der Waals surface area contributed by atoms with Gasteiger partial charge in [-0.25, -0.2) is 0 Å². The Bertz CT molecular complexity index is 3190. The topological polar surface area (TPSA) is 466 Å². The Morgan fingerprint density at radius 2 is 1.29 bits per heavy atom. The molecule has 1 aliphatic rings. The van der Waals surface area contributed by atoms with Crippen LogP contribution in [0.1, 0.15) is 82.1 Å². The van der Waals surface area contributed by atoms with Crippen LogP contribution >= 0.6 is 0 Å². The maximum atomic E-state index is 14.2. The largest absolute Gasteiger partial charge is 0.508 e. The standard InChI is InChI=1S/C60H83N15O14/c1-31(2)22-44(55(85)70-42(12-9-21-65-60(63)64-6)54(84)71-43(52(62)82)25-37-28-66-41-11-8-7-10-40(37)41)69-50(81)29-67-53(83)45(23-35-15-13-32(3)14-16-35)73-58(88)51(33(4)76)74-56(86)46(27-49(61)80)72-57(87)48-26-39(79)30-75(48)59(89)47(68-34(5)77)24-36-17-19-38(78)20-18-36/h7-8,10-11,13-20,28,31,33,39,42-48,51,66,76,78-79H,9,12,21-27,29-30H2,1-6H3,(H2,61,80)(H2,62,82)(H,67,83)(H,68,77)(H,69,81)(H,70,85)(H,71,84)(H,72,87)(H,73,88)(H,74,86)(H3,63,64,65)/t33-,39-,42+,43+,44+,45+,46+,47-,48+,51+/m1/s1. The SMILES string of the molecule is CN=C(N)NCCC[C@H](NC(=O)[C@H](CC(C)C)NC(=O)CNC(=O)[C@H](Cc1ccc(C)cc1)NC(=O)[C@@H](NC(=O)[C@H](CC(N)=O)NC(=O)[C@@H]1C[C@@H](O)CN1C(=O)[C@@H](Cc1ccc(O)cc1)NC(C)=O)[C@@H](C)O)C(=O)N[C@@H](Cc1c[nH]c2ccccc12)C(N)=O. The average Bonchev–Trinajstić information content (AvgIpc) is 3.84. The van der Waals surface area contributed by atoms with E-state index in [2.05, 4.69) is 57.8 Å². The van der Waals surface area contributed by atoms with Crippen molar-refractivity contribution in [1.29, 1.82) is 0 Å². The second-order valence-electron chi connectivity index (χ2n) is 22.5. The highest BCUT2D eigenvalue weighted by Gasteiger charge is 2.43. The number of β-amino-alcohol motifs (C(OH)–C–C–N with tert-alkyl or cyclic N) is 1. The maximum absolute atomic E-state index is 14.2. The van der Waals surface area contributed by atoms with Crippen molar-refractivity contribution in [3.8, 4) is 5.75 Å². The lowest BCUT2D eigenvalue weighted by atomic mass is 10.0. The van der Waals surface area contributed by atoms with E-state index in [1.54, 1.807) is 44.3 Å². The number of rotatable bonds is 32. The number of phenols is 1. The zero-order valence-corrected chi connectivity index (χ0v) is 50.6. The van der Waals surface area contributed by atoms with Gasteiger partial charge in [0, 0.05) is 69.8 Å². The molecule has 3 aromatic carbocycles. The number of amides is 11. The van der Waals surface area contributed by atoms with Gasteiger partial charge in [0.05, 0.1) is 25.2 Å². The lowest BCUT2D eigenvalue weighted by Gasteiger charge is -2.30. The molecule has 0 unspecified atom stereocenters. The smallest absolute Gasteiger partial charge is 0.246 e. The van der Waals surface area contributed by atoms with Crippen LogP contribution in [0.5, 0.6) is 5.75 Å². The van der Waals surface area contributed by atoms with Gasteiger partial charge in [-0.05, 0) is 73.9 Å². The summed E-state index contributed by atoms with van der Waals surface area (Å²) in [5.41, 5.74) is 20.5. The molecule has 29 nitrogen and oxygen atoms in total. The van der Waals surface area contributed by atoms with Gasteiger partial charge >= 0.3 is 0 Å². The number of likely N-dealkylation sites (tertiary alicyclic amines) is 1. The van der Waals surface area contributed by atoms with Crippen LogP contribution in [0.15, 0.2) is 84.0 Å². The predicted octanol–water partition coefficient (Wildman–Crippen LogP) is -3.20. The van der Waals surface area contributed by atoms with Crippen LogP contribution in [0.4, 0.5) is 0 Å². The summed E-state index contributed by atoms with van der Waals surface area (Å²) in [6.07, 6.45) is -2.30. The summed E-state index contributed by atoms with van der Waals surface area (Å²) < 4.78 is 0. The Labute approximate surface area is 514 Å². The van der Waals surface area contributed by atoms with Gasteiger partial charge in [0.25, 0.3) is 0 Å². The van der Waals surface area contributed by atoms with Crippen LogP contribution in [0, 0.1) is 12.8 Å². The van der Waals surface area contributed by atoms with Crippen molar-refractivity contribution < 1.29 is 68.1 Å². The summed E-state index contributed by atoms with van der Waals surface area (Å²) in [5, 5.41) is 55.3. The van der Waals surface area contributed by atoms with Crippen molar-refractivity contribution in [2.24, 2.45) is 28.1 Å². The molecule has 5 rings (SSSR count). The molecule has 0 aliphatic carbocycles. The van der Waals surface area contributed by atoms with E-state index in [0.717, 1.165) is 28.3 Å². The molecule has 1 saturated heterocycles. The fourth-order valence-corrected chi connectivity index (χ4v) is 9.98. The third-order valence-electron chi connectivity index (χ3n) is 14.6. The van der Waals surface area contributed by atoms with Gasteiger partial charge in [0.1, 0.15) is 54.1 Å². The van der Waals surface area contributed by atoms with Crippen LogP contribution in [0.2, 0.25) is 0 Å². The molecule has 482 valence electrons. The summed E-state index contributed by atoms with van der Waals surface area (Å²) in [7, 11) is 1.48. The molecule has 0 radical (unpaired) electrons. The van der Waals surface area contributed by atoms with E-state index in [-0.39, 0.29) is 75.7 Å². The number of H-pyrrole nitrogens is 1. The number of aliphatic hydroxyl groups excluding tert-OH is 2. The Morgan fingerprint density at radius 3 is 1.91 bits per heavy atom. The van der Waals surface area contributed by atoms with Crippen LogP contribution in [0.25, 0.3) is 10.9 Å². The monoisotopic (exact) mass is 1240 g/mol. The lowest BCUT2D eigenvalue weighted by Crippen LogP contribution is -2.61. The molecule has 29 heteroatoms. The minimum absolute atomic E-state index is 0.0262. The van der Waals surface area contributed by atoms with Gasteiger partial charge in [-0.2, -0.15) is 0 Å². The van der Waals surface area contributed by atoms with Crippen LogP contribution < -0.4 is 65.1 Å². The van der Waals surface area contributed by atoms with Crippen molar-refractivity contribution >= 4 is 81.8 Å². The fourth-order valence-electron chi connectivity index (χ4n) is 9.98. The number of nitrogens with zero attached hydrogens (tertiary/aromatic N) is 2. The zero-order chi connectivity index (χ0) is 65.6. The number of hydrogen-bond acceptors (Lipinski definition) is 15. The van der Waals surface area contributed by atoms with E-state index in [4.69, 9.17) is 17.2 Å². The molecule has 1 aliphatic heterocycles. The third kappa shape index (κ3) is 21.9. The van der Waals surface area contributed by atoms with Crippen molar-refractivity contribution in [2.45, 2.75) is 147 Å². The molecule has 2 heterocycles. The van der Waals surface area contributed by atoms with Crippen molar-refractivity contribution in [3.63, 3.8) is 0 Å². The van der Waals surface area contributed by atoms with E-state index >= 15 is 0 Å². The average molecular weight is 1240 g/mol. The van der Waals surface area contributed by atoms with Crippen LogP contribution in [-0.2, 0) is 72.0 Å². The highest BCUT2D eigenvalue weighted by Crippen LogP contribution is 2.23. The van der Waals surface area contributed by atoms with Crippen molar-refractivity contribution in [1.82, 2.24) is 57.7 Å². The molecular weight excluding hydrogens is 1150 g/mol. The van der Waals surface area contributed by atoms with Crippen molar-refractivity contribution in [2.75, 3.05) is 26.7 Å². The van der Waals surface area contributed by atoms with Crippen LogP contribution in [-0.4, -0.2) is 183 Å². The Morgan fingerprint density at radius 1 is 0.685 bits per heavy atom. The second kappa shape index (κ2) is 33.5. The molecule has 19 N–H and O–H groups in total. The zero-order valence-electron chi connectivity index (χ0n) is 50.6. The molecule has 11 amide bonds. The van der Waals surface area contributed by atoms with E-state index in [1.807, 2.05) is 31.2 Å². The summed E-state index contributed by atoms with van der Waals surface area (Å²) in [5.74, 6) is -10.0. The van der Waals surface area contributed by atoms with Crippen molar-refractivity contribution in [3.05, 3.63) is 101 Å². The van der Waals surface area contributed by atoms with Gasteiger partial charge in [0.15, 0.2) is 5.96 Å². The molecular formula is C60H83N15O14. The Balaban J connectivity index is 1.29. The first-order valence-corrected chi connectivity index (χ1v) is 29.1. The number of hydrogen-bond donors (Lipinski definition) is 16. The highest BCUT2D eigenvalue weighted by atomic mass is 16.3. The number of nitrogens with one attached hydrogen (secondary N) is 10. The third-order valence-corrected chi connectivity index (χ3v) is 14.6. The molecule has 0 saturated carbocycles.